The fraction of sp³-hybridized carbons (Fsp3) is 0.316. The first-order valence-electron chi connectivity index (χ1n) is 8.00. The zero-order chi connectivity index (χ0) is 16.2. The Bertz CT molecular complexity index is 670. The highest BCUT2D eigenvalue weighted by Gasteiger charge is 2.29. The summed E-state index contributed by atoms with van der Waals surface area (Å²) in [5.41, 5.74) is 2.04. The number of rotatable bonds is 6. The van der Waals surface area contributed by atoms with Gasteiger partial charge in [-0.2, -0.15) is 0 Å². The van der Waals surface area contributed by atoms with Gasteiger partial charge in [-0.15, -0.1) is 0 Å². The first-order chi connectivity index (χ1) is 11.1. The molecule has 2 aromatic carbocycles. The molecule has 3 nitrogen and oxygen atoms in total. The number of hydrogen-bond donors (Lipinski definition) is 2. The monoisotopic (exact) mass is 328 g/mol. The minimum absolute atomic E-state index is 0.0175. The summed E-state index contributed by atoms with van der Waals surface area (Å²) in [7, 11) is 0. The Hall–Kier alpha value is -1.84. The molecule has 23 heavy (non-hydrogen) atoms. The SMILES string of the molecule is CC(NC(C(=O)NC1CC1)c1ccccc1)c1cccc(Cl)c1. The van der Waals surface area contributed by atoms with Gasteiger partial charge in [0.05, 0.1) is 0 Å². The average molecular weight is 329 g/mol. The Morgan fingerprint density at radius 2 is 1.78 bits per heavy atom. The maximum atomic E-state index is 12.6. The third-order valence-electron chi connectivity index (χ3n) is 4.08. The molecule has 120 valence electrons. The summed E-state index contributed by atoms with van der Waals surface area (Å²) in [6.45, 7) is 2.05. The van der Waals surface area contributed by atoms with Crippen LogP contribution in [0.25, 0.3) is 0 Å². The molecule has 2 aromatic rings. The molecule has 0 aromatic heterocycles. The molecule has 0 aliphatic heterocycles. The van der Waals surface area contributed by atoms with E-state index in [9.17, 15) is 4.79 Å². The van der Waals surface area contributed by atoms with Crippen LogP contribution in [-0.2, 0) is 4.79 Å². The molecule has 1 saturated carbocycles. The standard InChI is InChI=1S/C19H21ClN2O/c1-13(15-8-5-9-16(20)12-15)21-18(14-6-3-2-4-7-14)19(23)22-17-10-11-17/h2-9,12-13,17-18,21H,10-11H2,1H3,(H,22,23). The van der Waals surface area contributed by atoms with Crippen molar-refractivity contribution in [1.29, 1.82) is 0 Å². The van der Waals surface area contributed by atoms with Crippen LogP contribution in [0.3, 0.4) is 0 Å². The fourth-order valence-corrected chi connectivity index (χ4v) is 2.80. The second kappa shape index (κ2) is 7.16. The van der Waals surface area contributed by atoms with Crippen molar-refractivity contribution in [3.05, 3.63) is 70.7 Å². The second-order valence-corrected chi connectivity index (χ2v) is 6.51. The summed E-state index contributed by atoms with van der Waals surface area (Å²) in [5.74, 6) is 0.0348. The van der Waals surface area contributed by atoms with Crippen molar-refractivity contribution in [2.45, 2.75) is 37.9 Å². The van der Waals surface area contributed by atoms with E-state index < -0.39 is 0 Å². The number of nitrogens with one attached hydrogen (secondary N) is 2. The van der Waals surface area contributed by atoms with Crippen molar-refractivity contribution in [2.24, 2.45) is 0 Å². The average Bonchev–Trinajstić information content (AvgIpc) is 3.37. The van der Waals surface area contributed by atoms with E-state index in [2.05, 4.69) is 10.6 Å². The Labute approximate surface area is 142 Å². The number of halogens is 1. The van der Waals surface area contributed by atoms with Crippen LogP contribution in [0.1, 0.15) is 43.0 Å². The Kier molecular flexibility index (Phi) is 4.99. The third-order valence-corrected chi connectivity index (χ3v) is 4.32. The Balaban J connectivity index is 1.78. The summed E-state index contributed by atoms with van der Waals surface area (Å²) < 4.78 is 0. The lowest BCUT2D eigenvalue weighted by atomic mass is 10.0. The quantitative estimate of drug-likeness (QED) is 0.841. The van der Waals surface area contributed by atoms with Crippen molar-refractivity contribution < 1.29 is 4.79 Å². The molecular formula is C19H21ClN2O. The summed E-state index contributed by atoms with van der Waals surface area (Å²) in [6, 6.07) is 17.6. The van der Waals surface area contributed by atoms with Crippen LogP contribution in [0.4, 0.5) is 0 Å². The zero-order valence-corrected chi connectivity index (χ0v) is 13.9. The molecule has 2 unspecified atom stereocenters. The predicted molar refractivity (Wildman–Crippen MR) is 93.4 cm³/mol. The van der Waals surface area contributed by atoms with E-state index >= 15 is 0 Å². The van der Waals surface area contributed by atoms with Gasteiger partial charge in [-0.25, -0.2) is 0 Å². The molecule has 4 heteroatoms. The maximum Gasteiger partial charge on any atom is 0.241 e. The van der Waals surface area contributed by atoms with Gasteiger partial charge in [0.15, 0.2) is 0 Å². The van der Waals surface area contributed by atoms with Gasteiger partial charge in [-0.3, -0.25) is 10.1 Å². The van der Waals surface area contributed by atoms with Crippen molar-refractivity contribution in [1.82, 2.24) is 10.6 Å². The minimum atomic E-state index is -0.370. The first-order valence-corrected chi connectivity index (χ1v) is 8.38. The van der Waals surface area contributed by atoms with Gasteiger partial charge in [-0.1, -0.05) is 54.1 Å². The molecule has 1 amide bonds. The van der Waals surface area contributed by atoms with Crippen molar-refractivity contribution >= 4 is 17.5 Å². The van der Waals surface area contributed by atoms with Crippen LogP contribution in [0.2, 0.25) is 5.02 Å². The lowest BCUT2D eigenvalue weighted by Crippen LogP contribution is -2.39. The van der Waals surface area contributed by atoms with E-state index in [1.54, 1.807) is 0 Å². The summed E-state index contributed by atoms with van der Waals surface area (Å²) in [6.07, 6.45) is 2.16. The minimum Gasteiger partial charge on any atom is -0.352 e. The molecule has 0 heterocycles. The molecule has 2 N–H and O–H groups in total. The normalized spacial score (nSPS) is 16.6. The smallest absolute Gasteiger partial charge is 0.241 e. The predicted octanol–water partition coefficient (Wildman–Crippen LogP) is 4.01. The van der Waals surface area contributed by atoms with Gasteiger partial charge in [0.2, 0.25) is 5.91 Å². The first kappa shape index (κ1) is 16.0. The van der Waals surface area contributed by atoms with E-state index in [1.807, 2.05) is 61.5 Å². The molecule has 2 atom stereocenters. The topological polar surface area (TPSA) is 41.1 Å². The van der Waals surface area contributed by atoms with Crippen molar-refractivity contribution in [3.63, 3.8) is 0 Å². The van der Waals surface area contributed by atoms with E-state index in [4.69, 9.17) is 11.6 Å². The zero-order valence-electron chi connectivity index (χ0n) is 13.1. The van der Waals surface area contributed by atoms with E-state index in [1.165, 1.54) is 0 Å². The summed E-state index contributed by atoms with van der Waals surface area (Å²) >= 11 is 6.08. The number of carbonyl (C=O) groups excluding carboxylic acids is 1. The number of hydrogen-bond acceptors (Lipinski definition) is 2. The van der Waals surface area contributed by atoms with Gasteiger partial charge in [-0.05, 0) is 43.0 Å². The lowest BCUT2D eigenvalue weighted by Gasteiger charge is -2.23. The molecule has 0 spiro atoms. The molecule has 0 bridgehead atoms. The van der Waals surface area contributed by atoms with Crippen molar-refractivity contribution in [3.8, 4) is 0 Å². The van der Waals surface area contributed by atoms with Gasteiger partial charge < -0.3 is 5.32 Å². The van der Waals surface area contributed by atoms with Crippen LogP contribution in [0.15, 0.2) is 54.6 Å². The molecule has 1 aliphatic rings. The largest absolute Gasteiger partial charge is 0.352 e. The fourth-order valence-electron chi connectivity index (χ4n) is 2.60. The van der Waals surface area contributed by atoms with Gasteiger partial charge in [0.25, 0.3) is 0 Å². The molecule has 1 fully saturated rings. The molecule has 1 aliphatic carbocycles. The third kappa shape index (κ3) is 4.34. The van der Waals surface area contributed by atoms with Crippen LogP contribution in [-0.4, -0.2) is 11.9 Å². The van der Waals surface area contributed by atoms with Crippen molar-refractivity contribution in [2.75, 3.05) is 0 Å². The Morgan fingerprint density at radius 1 is 1.09 bits per heavy atom. The lowest BCUT2D eigenvalue weighted by molar-refractivity contribution is -0.123. The van der Waals surface area contributed by atoms with Gasteiger partial charge in [0, 0.05) is 17.1 Å². The molecule has 0 radical (unpaired) electrons. The Morgan fingerprint density at radius 3 is 2.43 bits per heavy atom. The van der Waals surface area contributed by atoms with E-state index in [-0.39, 0.29) is 18.0 Å². The highest BCUT2D eigenvalue weighted by Crippen LogP contribution is 2.24. The van der Waals surface area contributed by atoms with Gasteiger partial charge >= 0.3 is 0 Å². The van der Waals surface area contributed by atoms with Crippen LogP contribution < -0.4 is 10.6 Å². The van der Waals surface area contributed by atoms with Crippen LogP contribution in [0.5, 0.6) is 0 Å². The highest BCUT2D eigenvalue weighted by molar-refractivity contribution is 6.30. The highest BCUT2D eigenvalue weighted by atomic mass is 35.5. The summed E-state index contributed by atoms with van der Waals surface area (Å²) in [5, 5.41) is 7.24. The molecule has 0 saturated heterocycles. The van der Waals surface area contributed by atoms with Crippen LogP contribution >= 0.6 is 11.6 Å². The van der Waals surface area contributed by atoms with E-state index in [0.29, 0.717) is 11.1 Å². The molecular weight excluding hydrogens is 308 g/mol. The van der Waals surface area contributed by atoms with Crippen LogP contribution in [0, 0.1) is 0 Å². The van der Waals surface area contributed by atoms with E-state index in [0.717, 1.165) is 24.0 Å². The van der Waals surface area contributed by atoms with Gasteiger partial charge in [0.1, 0.15) is 6.04 Å². The summed E-state index contributed by atoms with van der Waals surface area (Å²) in [4.78, 5) is 12.6. The number of carbonyl (C=O) groups is 1. The molecule has 3 rings (SSSR count). The maximum absolute atomic E-state index is 12.6. The second-order valence-electron chi connectivity index (χ2n) is 6.07. The number of amides is 1. The number of benzene rings is 2.